The maximum atomic E-state index is 5.94. The van der Waals surface area contributed by atoms with Crippen LogP contribution in [0.4, 0.5) is 0 Å². The van der Waals surface area contributed by atoms with Crippen molar-refractivity contribution in [3.05, 3.63) is 45.4 Å². The molecule has 0 aliphatic rings. The fourth-order valence-electron chi connectivity index (χ4n) is 1.71. The second kappa shape index (κ2) is 5.94. The Morgan fingerprint density at radius 1 is 1.53 bits per heavy atom. The van der Waals surface area contributed by atoms with E-state index in [1.54, 1.807) is 10.8 Å². The predicted molar refractivity (Wildman–Crippen MR) is 79.3 cm³/mol. The molecule has 19 heavy (non-hydrogen) atoms. The predicted octanol–water partition coefficient (Wildman–Crippen LogP) is 3.43. The summed E-state index contributed by atoms with van der Waals surface area (Å²) in [7, 11) is 1.85. The Balaban J connectivity index is 2.19. The minimum atomic E-state index is -0.0898. The Morgan fingerprint density at radius 2 is 2.26 bits per heavy atom. The minimum Gasteiger partial charge on any atom is -0.485 e. The van der Waals surface area contributed by atoms with Crippen LogP contribution in [0.1, 0.15) is 24.4 Å². The van der Waals surface area contributed by atoms with Crippen molar-refractivity contribution in [1.82, 2.24) is 9.55 Å². The molecule has 6 heteroatoms. The van der Waals surface area contributed by atoms with E-state index in [0.29, 0.717) is 11.8 Å². The van der Waals surface area contributed by atoms with E-state index in [9.17, 15) is 0 Å². The van der Waals surface area contributed by atoms with Gasteiger partial charge in [-0.2, -0.15) is 0 Å². The molecule has 2 N–H and O–H groups in total. The van der Waals surface area contributed by atoms with Crippen molar-refractivity contribution < 1.29 is 4.74 Å². The zero-order valence-electron chi connectivity index (χ0n) is 10.7. The van der Waals surface area contributed by atoms with Crippen LogP contribution >= 0.6 is 27.5 Å². The van der Waals surface area contributed by atoms with Crippen LogP contribution in [0, 0.1) is 0 Å². The molecule has 0 saturated carbocycles. The van der Waals surface area contributed by atoms with Gasteiger partial charge in [0.05, 0.1) is 6.20 Å². The summed E-state index contributed by atoms with van der Waals surface area (Å²) >= 11 is 9.36. The SMILES string of the molecule is C[C@H](N)c1ccc(Br)cc1OCc1ncc(Cl)n1C. The Morgan fingerprint density at radius 3 is 2.84 bits per heavy atom. The number of benzene rings is 1. The van der Waals surface area contributed by atoms with E-state index in [4.69, 9.17) is 22.1 Å². The number of halogens is 2. The van der Waals surface area contributed by atoms with Gasteiger partial charge in [0.15, 0.2) is 0 Å². The zero-order chi connectivity index (χ0) is 14.0. The standard InChI is InChI=1S/C13H15BrClN3O/c1-8(16)10-4-3-9(14)5-11(10)19-7-13-17-6-12(15)18(13)2/h3-6,8H,7,16H2,1-2H3/t8-/m0/s1. The van der Waals surface area contributed by atoms with Crippen molar-refractivity contribution in [2.24, 2.45) is 12.8 Å². The number of hydrogen-bond acceptors (Lipinski definition) is 3. The molecule has 0 spiro atoms. The quantitative estimate of drug-likeness (QED) is 0.924. The van der Waals surface area contributed by atoms with Gasteiger partial charge in [0, 0.05) is 23.1 Å². The monoisotopic (exact) mass is 343 g/mol. The van der Waals surface area contributed by atoms with Gasteiger partial charge in [-0.05, 0) is 19.1 Å². The molecule has 1 aromatic heterocycles. The largest absolute Gasteiger partial charge is 0.485 e. The maximum absolute atomic E-state index is 5.94. The molecule has 0 radical (unpaired) electrons. The molecule has 1 heterocycles. The fraction of sp³-hybridized carbons (Fsp3) is 0.308. The third-order valence-electron chi connectivity index (χ3n) is 2.85. The lowest BCUT2D eigenvalue weighted by Gasteiger charge is -2.14. The number of ether oxygens (including phenoxy) is 1. The van der Waals surface area contributed by atoms with Crippen LogP contribution in [0.5, 0.6) is 5.75 Å². The molecule has 102 valence electrons. The molecule has 0 amide bonds. The van der Waals surface area contributed by atoms with E-state index < -0.39 is 0 Å². The number of rotatable bonds is 4. The van der Waals surface area contributed by atoms with Gasteiger partial charge >= 0.3 is 0 Å². The van der Waals surface area contributed by atoms with Crippen LogP contribution in [0.3, 0.4) is 0 Å². The molecule has 1 atom stereocenters. The topological polar surface area (TPSA) is 53.1 Å². The van der Waals surface area contributed by atoms with Crippen LogP contribution in [0.2, 0.25) is 5.15 Å². The van der Waals surface area contributed by atoms with Crippen LogP contribution in [-0.4, -0.2) is 9.55 Å². The number of nitrogens with zero attached hydrogens (tertiary/aromatic N) is 2. The van der Waals surface area contributed by atoms with E-state index in [1.165, 1.54) is 0 Å². The molecule has 0 fully saturated rings. The third-order valence-corrected chi connectivity index (χ3v) is 3.70. The first-order valence-electron chi connectivity index (χ1n) is 5.83. The van der Waals surface area contributed by atoms with Crippen molar-refractivity contribution in [3.63, 3.8) is 0 Å². The Bertz CT molecular complexity index is 583. The Kier molecular flexibility index (Phi) is 4.50. The van der Waals surface area contributed by atoms with Crippen molar-refractivity contribution in [3.8, 4) is 5.75 Å². The molecule has 0 aliphatic heterocycles. The van der Waals surface area contributed by atoms with Gasteiger partial charge in [0.2, 0.25) is 0 Å². The highest BCUT2D eigenvalue weighted by molar-refractivity contribution is 9.10. The van der Waals surface area contributed by atoms with Gasteiger partial charge < -0.3 is 15.0 Å². The normalized spacial score (nSPS) is 12.5. The van der Waals surface area contributed by atoms with Crippen molar-refractivity contribution >= 4 is 27.5 Å². The van der Waals surface area contributed by atoms with Crippen LogP contribution in [0.25, 0.3) is 0 Å². The second-order valence-corrected chi connectivity index (χ2v) is 5.62. The number of nitrogens with two attached hydrogens (primary N) is 1. The first-order valence-corrected chi connectivity index (χ1v) is 7.00. The van der Waals surface area contributed by atoms with Crippen LogP contribution < -0.4 is 10.5 Å². The number of imidazole rings is 1. The van der Waals surface area contributed by atoms with Gasteiger partial charge in [-0.15, -0.1) is 0 Å². The van der Waals surface area contributed by atoms with Gasteiger partial charge in [0.25, 0.3) is 0 Å². The summed E-state index contributed by atoms with van der Waals surface area (Å²) in [6.07, 6.45) is 1.60. The molecule has 2 aromatic rings. The molecule has 1 aromatic carbocycles. The van der Waals surface area contributed by atoms with Gasteiger partial charge in [-0.3, -0.25) is 0 Å². The van der Waals surface area contributed by atoms with E-state index >= 15 is 0 Å². The second-order valence-electron chi connectivity index (χ2n) is 4.32. The first kappa shape index (κ1) is 14.4. The maximum Gasteiger partial charge on any atom is 0.147 e. The highest BCUT2D eigenvalue weighted by Gasteiger charge is 2.11. The summed E-state index contributed by atoms with van der Waals surface area (Å²) < 4.78 is 8.54. The Labute approximate surface area is 125 Å². The lowest BCUT2D eigenvalue weighted by Crippen LogP contribution is -2.09. The molecule has 2 rings (SSSR count). The van der Waals surface area contributed by atoms with Crippen LogP contribution in [-0.2, 0) is 13.7 Å². The van der Waals surface area contributed by atoms with Crippen molar-refractivity contribution in [2.75, 3.05) is 0 Å². The molecule has 0 aliphatic carbocycles. The summed E-state index contributed by atoms with van der Waals surface area (Å²) in [5.41, 5.74) is 6.89. The van der Waals surface area contributed by atoms with E-state index in [-0.39, 0.29) is 6.04 Å². The summed E-state index contributed by atoms with van der Waals surface area (Å²) in [4.78, 5) is 4.19. The Hall–Kier alpha value is -1.04. The third kappa shape index (κ3) is 3.29. The number of aromatic nitrogens is 2. The average Bonchev–Trinajstić information content (AvgIpc) is 2.67. The average molecular weight is 345 g/mol. The first-order chi connectivity index (χ1) is 8.99. The fourth-order valence-corrected chi connectivity index (χ4v) is 2.20. The summed E-state index contributed by atoms with van der Waals surface area (Å²) in [6, 6.07) is 5.72. The summed E-state index contributed by atoms with van der Waals surface area (Å²) in [5.74, 6) is 1.52. The molecular formula is C13H15BrClN3O. The van der Waals surface area contributed by atoms with E-state index in [1.807, 2.05) is 32.2 Å². The highest BCUT2D eigenvalue weighted by Crippen LogP contribution is 2.28. The zero-order valence-corrected chi connectivity index (χ0v) is 13.1. The molecular weight excluding hydrogens is 330 g/mol. The van der Waals surface area contributed by atoms with Crippen molar-refractivity contribution in [2.45, 2.75) is 19.6 Å². The van der Waals surface area contributed by atoms with E-state index in [0.717, 1.165) is 21.6 Å². The highest BCUT2D eigenvalue weighted by atomic mass is 79.9. The summed E-state index contributed by atoms with van der Waals surface area (Å²) in [5, 5.41) is 0.584. The molecule has 0 saturated heterocycles. The van der Waals surface area contributed by atoms with Crippen LogP contribution in [0.15, 0.2) is 28.9 Å². The number of hydrogen-bond donors (Lipinski definition) is 1. The lowest BCUT2D eigenvalue weighted by molar-refractivity contribution is 0.287. The lowest BCUT2D eigenvalue weighted by atomic mass is 10.1. The van der Waals surface area contributed by atoms with Crippen molar-refractivity contribution in [1.29, 1.82) is 0 Å². The molecule has 4 nitrogen and oxygen atoms in total. The minimum absolute atomic E-state index is 0.0898. The smallest absolute Gasteiger partial charge is 0.147 e. The molecule has 0 unspecified atom stereocenters. The van der Waals surface area contributed by atoms with E-state index in [2.05, 4.69) is 20.9 Å². The van der Waals surface area contributed by atoms with Gasteiger partial charge in [-0.1, -0.05) is 33.6 Å². The van der Waals surface area contributed by atoms with Gasteiger partial charge in [-0.25, -0.2) is 4.98 Å². The summed E-state index contributed by atoms with van der Waals surface area (Å²) in [6.45, 7) is 2.27. The molecule has 0 bridgehead atoms. The van der Waals surface area contributed by atoms with Gasteiger partial charge in [0.1, 0.15) is 23.3 Å².